The number of hydrogen-bond acceptors (Lipinski definition) is 5. The van der Waals surface area contributed by atoms with Gasteiger partial charge in [0, 0.05) is 11.1 Å². The van der Waals surface area contributed by atoms with Gasteiger partial charge in [-0.15, -0.1) is 0 Å². The number of rotatable bonds is 7. The molecule has 1 fully saturated rings. The van der Waals surface area contributed by atoms with Gasteiger partial charge < -0.3 is 10.1 Å². The Balaban J connectivity index is 1.51. The maximum Gasteiger partial charge on any atom is 0.325 e. The highest BCUT2D eigenvalue weighted by molar-refractivity contribution is 6.13. The van der Waals surface area contributed by atoms with Crippen molar-refractivity contribution >= 4 is 23.6 Å². The molecule has 0 bridgehead atoms. The second-order valence-electron chi connectivity index (χ2n) is 7.90. The van der Waals surface area contributed by atoms with Crippen LogP contribution in [0.5, 0.6) is 5.75 Å². The monoisotopic (exact) mass is 456 g/mol. The minimum Gasteiger partial charge on any atom is -0.497 e. The molecule has 1 saturated heterocycles. The minimum atomic E-state index is -1.29. The van der Waals surface area contributed by atoms with E-state index in [-0.39, 0.29) is 0 Å². The Bertz CT molecular complexity index is 1190. The van der Waals surface area contributed by atoms with E-state index in [0.29, 0.717) is 17.0 Å². The van der Waals surface area contributed by atoms with Crippen molar-refractivity contribution < 1.29 is 19.1 Å². The quantitative estimate of drug-likeness (QED) is 0.324. The first-order valence-corrected chi connectivity index (χ1v) is 10.7. The van der Waals surface area contributed by atoms with E-state index in [1.807, 2.05) is 60.7 Å². The summed E-state index contributed by atoms with van der Waals surface area (Å²) in [4.78, 5) is 39.2. The fraction of sp³-hybridized carbons (Fsp3) is 0.154. The Labute approximate surface area is 197 Å². The van der Waals surface area contributed by atoms with Crippen LogP contribution in [0.2, 0.25) is 0 Å². The molecule has 34 heavy (non-hydrogen) atoms. The molecule has 0 radical (unpaired) electrons. The Hall–Kier alpha value is -4.46. The highest BCUT2D eigenvalue weighted by atomic mass is 16.5. The van der Waals surface area contributed by atoms with Gasteiger partial charge in [-0.05, 0) is 24.6 Å². The zero-order valence-electron chi connectivity index (χ0n) is 18.8. The highest BCUT2D eigenvalue weighted by Gasteiger charge is 2.49. The molecule has 1 unspecified atom stereocenters. The van der Waals surface area contributed by atoms with E-state index in [2.05, 4.69) is 15.8 Å². The summed E-state index contributed by atoms with van der Waals surface area (Å²) >= 11 is 0. The van der Waals surface area contributed by atoms with Crippen LogP contribution >= 0.6 is 0 Å². The molecule has 8 nitrogen and oxygen atoms in total. The molecular formula is C26H24N4O4. The van der Waals surface area contributed by atoms with Gasteiger partial charge in [0.2, 0.25) is 0 Å². The zero-order valence-corrected chi connectivity index (χ0v) is 18.8. The molecule has 1 aliphatic heterocycles. The van der Waals surface area contributed by atoms with Crippen LogP contribution in [-0.2, 0) is 15.1 Å². The number of nitrogens with one attached hydrogen (secondary N) is 2. The summed E-state index contributed by atoms with van der Waals surface area (Å²) in [7, 11) is 1.54. The number of hydrazone groups is 1. The second kappa shape index (κ2) is 9.58. The van der Waals surface area contributed by atoms with Crippen LogP contribution in [-0.4, -0.2) is 42.1 Å². The van der Waals surface area contributed by atoms with Crippen molar-refractivity contribution in [2.45, 2.75) is 12.5 Å². The third kappa shape index (κ3) is 4.52. The molecule has 1 heterocycles. The van der Waals surface area contributed by atoms with Crippen molar-refractivity contribution in [3.05, 3.63) is 102 Å². The number of carbonyl (C=O) groups excluding carboxylic acids is 3. The lowest BCUT2D eigenvalue weighted by Crippen LogP contribution is -2.42. The number of benzene rings is 3. The lowest BCUT2D eigenvalue weighted by Gasteiger charge is -2.22. The Morgan fingerprint density at radius 1 is 0.941 bits per heavy atom. The topological polar surface area (TPSA) is 100 Å². The fourth-order valence-corrected chi connectivity index (χ4v) is 3.75. The largest absolute Gasteiger partial charge is 0.497 e. The van der Waals surface area contributed by atoms with Gasteiger partial charge in [0.05, 0.1) is 12.8 Å². The summed E-state index contributed by atoms with van der Waals surface area (Å²) in [5.74, 6) is -0.481. The van der Waals surface area contributed by atoms with Gasteiger partial charge in [-0.1, -0.05) is 72.8 Å². The molecule has 0 aromatic heterocycles. The molecule has 0 saturated carbocycles. The third-order valence-corrected chi connectivity index (χ3v) is 5.63. The fourth-order valence-electron chi connectivity index (χ4n) is 3.75. The molecule has 4 rings (SSSR count). The second-order valence-corrected chi connectivity index (χ2v) is 7.90. The average molecular weight is 457 g/mol. The summed E-state index contributed by atoms with van der Waals surface area (Å²) in [5.41, 5.74) is 3.99. The normalized spacial score (nSPS) is 17.2. The van der Waals surface area contributed by atoms with E-state index in [1.165, 1.54) is 0 Å². The molecule has 0 aliphatic carbocycles. The van der Waals surface area contributed by atoms with Gasteiger partial charge in [0.15, 0.2) is 0 Å². The van der Waals surface area contributed by atoms with Gasteiger partial charge >= 0.3 is 6.03 Å². The number of nitrogens with zero attached hydrogens (tertiary/aromatic N) is 2. The van der Waals surface area contributed by atoms with Crippen LogP contribution in [0.15, 0.2) is 90.0 Å². The van der Waals surface area contributed by atoms with Crippen molar-refractivity contribution in [1.82, 2.24) is 15.6 Å². The molecule has 3 aromatic rings. The van der Waals surface area contributed by atoms with E-state index >= 15 is 0 Å². The van der Waals surface area contributed by atoms with Gasteiger partial charge in [-0.2, -0.15) is 5.10 Å². The van der Waals surface area contributed by atoms with Crippen LogP contribution in [0.1, 0.15) is 23.6 Å². The molecule has 1 aliphatic rings. The van der Waals surface area contributed by atoms with Crippen molar-refractivity contribution in [3.8, 4) is 5.75 Å². The summed E-state index contributed by atoms with van der Waals surface area (Å²) in [6.07, 6.45) is 0. The average Bonchev–Trinajstić information content (AvgIpc) is 3.09. The molecule has 3 aromatic carbocycles. The first-order chi connectivity index (χ1) is 16.4. The summed E-state index contributed by atoms with van der Waals surface area (Å²) in [6, 6.07) is 25.0. The number of amides is 4. The van der Waals surface area contributed by atoms with Crippen molar-refractivity contribution in [3.63, 3.8) is 0 Å². The number of imide groups is 1. The maximum atomic E-state index is 13.1. The van der Waals surface area contributed by atoms with Gasteiger partial charge in [0.25, 0.3) is 11.8 Å². The molecule has 4 amide bonds. The van der Waals surface area contributed by atoms with E-state index in [0.717, 1.165) is 16.0 Å². The van der Waals surface area contributed by atoms with Gasteiger partial charge in [0.1, 0.15) is 17.8 Å². The smallest absolute Gasteiger partial charge is 0.325 e. The Kier molecular flexibility index (Phi) is 6.40. The van der Waals surface area contributed by atoms with Gasteiger partial charge in [-0.3, -0.25) is 14.5 Å². The van der Waals surface area contributed by atoms with Crippen LogP contribution in [0.4, 0.5) is 4.79 Å². The molecule has 8 heteroatoms. The SMILES string of the molecule is COc1ccc(C2(C)NC(=O)N(CC(=O)NN=C(c3ccccc3)c3ccccc3)C2=O)cc1. The lowest BCUT2D eigenvalue weighted by atomic mass is 9.92. The van der Waals surface area contributed by atoms with E-state index in [4.69, 9.17) is 4.74 Å². The van der Waals surface area contributed by atoms with E-state index in [9.17, 15) is 14.4 Å². The number of carbonyl (C=O) groups is 3. The first-order valence-electron chi connectivity index (χ1n) is 10.7. The Morgan fingerprint density at radius 2 is 1.50 bits per heavy atom. The summed E-state index contributed by atoms with van der Waals surface area (Å²) < 4.78 is 5.15. The van der Waals surface area contributed by atoms with Crippen molar-refractivity contribution in [2.75, 3.05) is 13.7 Å². The number of hydrogen-bond donors (Lipinski definition) is 2. The van der Waals surface area contributed by atoms with Crippen LogP contribution in [0.3, 0.4) is 0 Å². The molecular weight excluding hydrogens is 432 g/mol. The molecule has 2 N–H and O–H groups in total. The van der Waals surface area contributed by atoms with E-state index < -0.39 is 29.9 Å². The first kappa shape index (κ1) is 22.7. The maximum absolute atomic E-state index is 13.1. The number of urea groups is 1. The predicted octanol–water partition coefficient (Wildman–Crippen LogP) is 3.03. The highest BCUT2D eigenvalue weighted by Crippen LogP contribution is 2.29. The number of methoxy groups -OCH3 is 1. The number of ether oxygens (including phenoxy) is 1. The molecule has 0 spiro atoms. The van der Waals surface area contributed by atoms with Crippen molar-refractivity contribution in [2.24, 2.45) is 5.10 Å². The minimum absolute atomic E-state index is 0.462. The summed E-state index contributed by atoms with van der Waals surface area (Å²) in [6.45, 7) is 1.14. The van der Waals surface area contributed by atoms with E-state index in [1.54, 1.807) is 38.3 Å². The molecule has 1 atom stereocenters. The summed E-state index contributed by atoms with van der Waals surface area (Å²) in [5, 5.41) is 6.99. The standard InChI is InChI=1S/C26H24N4O4/c1-26(20-13-15-21(34-2)16-14-20)24(32)30(25(33)27-26)17-22(31)28-29-23(18-9-5-3-6-10-18)19-11-7-4-8-12-19/h3-16H,17H2,1-2H3,(H,27,33)(H,28,31). The van der Waals surface area contributed by atoms with Crippen LogP contribution in [0.25, 0.3) is 0 Å². The third-order valence-electron chi connectivity index (χ3n) is 5.63. The molecule has 172 valence electrons. The van der Waals surface area contributed by atoms with Crippen molar-refractivity contribution in [1.29, 1.82) is 0 Å². The predicted molar refractivity (Wildman–Crippen MR) is 127 cm³/mol. The van der Waals surface area contributed by atoms with Gasteiger partial charge in [-0.25, -0.2) is 10.2 Å². The Morgan fingerprint density at radius 3 is 2.03 bits per heavy atom. The zero-order chi connectivity index (χ0) is 24.1. The lowest BCUT2D eigenvalue weighted by molar-refractivity contribution is -0.134. The van der Waals surface area contributed by atoms with Crippen LogP contribution < -0.4 is 15.5 Å². The van der Waals surface area contributed by atoms with Crippen LogP contribution in [0, 0.1) is 0 Å².